The van der Waals surface area contributed by atoms with Gasteiger partial charge in [0.1, 0.15) is 5.82 Å². The molecule has 0 amide bonds. The van der Waals surface area contributed by atoms with Gasteiger partial charge in [0.25, 0.3) is 0 Å². The van der Waals surface area contributed by atoms with Crippen LogP contribution in [-0.4, -0.2) is 16.5 Å². The molecular weight excluding hydrogens is 265 g/mol. The van der Waals surface area contributed by atoms with Gasteiger partial charge in [0.15, 0.2) is 0 Å². The average molecular weight is 280 g/mol. The van der Waals surface area contributed by atoms with E-state index >= 15 is 0 Å². The molecule has 0 spiro atoms. The van der Waals surface area contributed by atoms with Gasteiger partial charge < -0.3 is 4.90 Å². The van der Waals surface area contributed by atoms with E-state index in [1.807, 2.05) is 24.8 Å². The van der Waals surface area contributed by atoms with E-state index in [0.29, 0.717) is 18.4 Å². The Labute approximate surface area is 117 Å². The van der Waals surface area contributed by atoms with E-state index in [1.165, 1.54) is 12.1 Å². The summed E-state index contributed by atoms with van der Waals surface area (Å²) in [6.45, 7) is 4.52. The van der Waals surface area contributed by atoms with Crippen LogP contribution in [0.25, 0.3) is 0 Å². The highest BCUT2D eigenvalue weighted by Crippen LogP contribution is 2.23. The topological polar surface area (TPSA) is 29.0 Å². The van der Waals surface area contributed by atoms with Gasteiger partial charge in [-0.15, -0.1) is 11.6 Å². The number of aryl methyl sites for hydroxylation is 1. The minimum atomic E-state index is -0.273. The largest absolute Gasteiger partial charge is 0.311 e. The molecule has 100 valence electrons. The predicted octanol–water partition coefficient (Wildman–Crippen LogP) is 3.82. The molecule has 0 aliphatic heterocycles. The molecule has 0 radical (unpaired) electrons. The fourth-order valence-corrected chi connectivity index (χ4v) is 2.09. The van der Waals surface area contributed by atoms with Crippen LogP contribution in [0.3, 0.4) is 0 Å². The van der Waals surface area contributed by atoms with Gasteiger partial charge in [0.05, 0.1) is 5.88 Å². The second-order valence-corrected chi connectivity index (χ2v) is 4.41. The number of benzene rings is 1. The first-order valence-corrected chi connectivity index (χ1v) is 6.60. The summed E-state index contributed by atoms with van der Waals surface area (Å²) in [6, 6.07) is 6.39. The summed E-state index contributed by atoms with van der Waals surface area (Å²) in [4.78, 5) is 10.6. The van der Waals surface area contributed by atoms with Crippen LogP contribution >= 0.6 is 11.6 Å². The summed E-state index contributed by atoms with van der Waals surface area (Å²) in [5.74, 6) is 0.669. The molecule has 1 aromatic carbocycles. The molecule has 0 aliphatic carbocycles. The van der Waals surface area contributed by atoms with Crippen LogP contribution in [0.15, 0.2) is 30.5 Å². The molecule has 19 heavy (non-hydrogen) atoms. The van der Waals surface area contributed by atoms with Crippen LogP contribution < -0.4 is 4.90 Å². The lowest BCUT2D eigenvalue weighted by molar-refractivity contribution is 0.627. The number of anilines is 2. The van der Waals surface area contributed by atoms with E-state index in [4.69, 9.17) is 11.6 Å². The minimum Gasteiger partial charge on any atom is -0.311 e. The zero-order valence-corrected chi connectivity index (χ0v) is 11.7. The molecule has 0 saturated carbocycles. The van der Waals surface area contributed by atoms with Crippen LogP contribution in [0.2, 0.25) is 0 Å². The van der Waals surface area contributed by atoms with Gasteiger partial charge in [-0.05, 0) is 32.0 Å². The van der Waals surface area contributed by atoms with Crippen molar-refractivity contribution in [2.24, 2.45) is 0 Å². The third kappa shape index (κ3) is 3.01. The third-order valence-corrected chi connectivity index (χ3v) is 3.18. The smallest absolute Gasteiger partial charge is 0.230 e. The van der Waals surface area contributed by atoms with Gasteiger partial charge in [-0.1, -0.05) is 6.07 Å². The van der Waals surface area contributed by atoms with Crippen molar-refractivity contribution in [1.29, 1.82) is 0 Å². The van der Waals surface area contributed by atoms with Crippen LogP contribution in [0.5, 0.6) is 0 Å². The zero-order valence-electron chi connectivity index (χ0n) is 10.9. The van der Waals surface area contributed by atoms with Crippen molar-refractivity contribution in [2.75, 3.05) is 11.4 Å². The Bertz CT molecular complexity index is 574. The molecule has 0 N–H and O–H groups in total. The predicted molar refractivity (Wildman–Crippen MR) is 75.4 cm³/mol. The number of hydrogen-bond donors (Lipinski definition) is 0. The van der Waals surface area contributed by atoms with Gasteiger partial charge in [-0.25, -0.2) is 14.4 Å². The molecule has 0 bridgehead atoms. The van der Waals surface area contributed by atoms with E-state index in [0.717, 1.165) is 16.9 Å². The maximum Gasteiger partial charge on any atom is 0.230 e. The highest BCUT2D eigenvalue weighted by molar-refractivity contribution is 6.17. The first-order chi connectivity index (χ1) is 9.15. The maximum atomic E-state index is 13.3. The Hall–Kier alpha value is -1.68. The first-order valence-electron chi connectivity index (χ1n) is 6.07. The minimum absolute atomic E-state index is 0.273. The van der Waals surface area contributed by atoms with Gasteiger partial charge in [0, 0.05) is 29.7 Å². The van der Waals surface area contributed by atoms with Crippen molar-refractivity contribution >= 4 is 23.2 Å². The number of halogens is 2. The molecule has 0 aliphatic rings. The Morgan fingerprint density at radius 2 is 2.16 bits per heavy atom. The fraction of sp³-hybridized carbons (Fsp3) is 0.286. The van der Waals surface area contributed by atoms with Crippen LogP contribution in [0.1, 0.15) is 18.2 Å². The van der Waals surface area contributed by atoms with E-state index in [1.54, 1.807) is 12.3 Å². The lowest BCUT2D eigenvalue weighted by Gasteiger charge is -2.21. The van der Waals surface area contributed by atoms with Crippen molar-refractivity contribution < 1.29 is 4.39 Å². The molecule has 1 aromatic heterocycles. The number of nitrogens with zero attached hydrogens (tertiary/aromatic N) is 3. The number of rotatable bonds is 4. The van der Waals surface area contributed by atoms with Crippen molar-refractivity contribution in [1.82, 2.24) is 9.97 Å². The highest BCUT2D eigenvalue weighted by atomic mass is 35.5. The van der Waals surface area contributed by atoms with Crippen molar-refractivity contribution in [3.63, 3.8) is 0 Å². The molecule has 5 heteroatoms. The van der Waals surface area contributed by atoms with E-state index in [2.05, 4.69) is 9.97 Å². The van der Waals surface area contributed by atoms with Gasteiger partial charge in [0.2, 0.25) is 5.95 Å². The van der Waals surface area contributed by atoms with E-state index < -0.39 is 0 Å². The molecule has 1 heterocycles. The quantitative estimate of drug-likeness (QED) is 0.797. The number of hydrogen-bond acceptors (Lipinski definition) is 3. The van der Waals surface area contributed by atoms with Gasteiger partial charge in [-0.3, -0.25) is 0 Å². The summed E-state index contributed by atoms with van der Waals surface area (Å²) in [5.41, 5.74) is 2.48. The number of aromatic nitrogens is 2. The van der Waals surface area contributed by atoms with Crippen LogP contribution in [-0.2, 0) is 5.88 Å². The lowest BCUT2D eigenvalue weighted by Crippen LogP contribution is -2.19. The van der Waals surface area contributed by atoms with Gasteiger partial charge >= 0.3 is 0 Å². The van der Waals surface area contributed by atoms with E-state index in [-0.39, 0.29) is 5.82 Å². The van der Waals surface area contributed by atoms with Crippen molar-refractivity contribution in [3.05, 3.63) is 47.5 Å². The molecule has 0 atom stereocenters. The Balaban J connectivity index is 2.39. The van der Waals surface area contributed by atoms with Crippen LogP contribution in [0.4, 0.5) is 16.0 Å². The maximum absolute atomic E-state index is 13.3. The van der Waals surface area contributed by atoms with E-state index in [9.17, 15) is 4.39 Å². The third-order valence-electron chi connectivity index (χ3n) is 2.89. The summed E-state index contributed by atoms with van der Waals surface area (Å²) in [7, 11) is 0. The molecule has 3 nitrogen and oxygen atoms in total. The van der Waals surface area contributed by atoms with Gasteiger partial charge in [-0.2, -0.15) is 0 Å². The molecule has 0 fully saturated rings. The first kappa shape index (κ1) is 13.7. The lowest BCUT2D eigenvalue weighted by atomic mass is 10.2. The molecule has 0 unspecified atom stereocenters. The fourth-order valence-electron chi connectivity index (χ4n) is 1.82. The monoisotopic (exact) mass is 279 g/mol. The summed E-state index contributed by atoms with van der Waals surface area (Å²) < 4.78 is 13.3. The highest BCUT2D eigenvalue weighted by Gasteiger charge is 2.12. The summed E-state index contributed by atoms with van der Waals surface area (Å²) in [6.07, 6.45) is 1.71. The molecule has 2 aromatic rings. The summed E-state index contributed by atoms with van der Waals surface area (Å²) in [5, 5.41) is 0. The number of alkyl halides is 1. The second-order valence-electron chi connectivity index (χ2n) is 4.14. The zero-order chi connectivity index (χ0) is 13.8. The Morgan fingerprint density at radius 3 is 2.74 bits per heavy atom. The summed E-state index contributed by atoms with van der Waals surface area (Å²) >= 11 is 5.79. The second kappa shape index (κ2) is 5.97. The van der Waals surface area contributed by atoms with Crippen molar-refractivity contribution in [3.8, 4) is 0 Å². The van der Waals surface area contributed by atoms with Crippen LogP contribution in [0, 0.1) is 12.7 Å². The Morgan fingerprint density at radius 1 is 1.37 bits per heavy atom. The molecule has 2 rings (SSSR count). The van der Waals surface area contributed by atoms with Crippen molar-refractivity contribution in [2.45, 2.75) is 19.7 Å². The molecule has 0 saturated heterocycles. The SMILES string of the molecule is CCN(c1cccc(F)c1)c1ncc(CCl)c(C)n1. The molecular formula is C14H15ClFN3. The standard InChI is InChI=1S/C14H15ClFN3/c1-3-19(13-6-4-5-12(16)7-13)14-17-9-11(8-15)10(2)18-14/h4-7,9H,3,8H2,1-2H3. The Kier molecular flexibility index (Phi) is 4.32. The average Bonchev–Trinajstić information content (AvgIpc) is 2.40. The normalized spacial score (nSPS) is 10.5.